The minimum atomic E-state index is -0.662. The molecule has 1 aromatic rings. The van der Waals surface area contributed by atoms with Crippen molar-refractivity contribution in [1.29, 1.82) is 0 Å². The van der Waals surface area contributed by atoms with Gasteiger partial charge in [0.15, 0.2) is 0 Å². The van der Waals surface area contributed by atoms with Crippen LogP contribution in [0.5, 0.6) is 0 Å². The molecule has 0 aliphatic rings. The van der Waals surface area contributed by atoms with E-state index in [2.05, 4.69) is 24.3 Å². The molecule has 0 spiro atoms. The maximum absolute atomic E-state index is 12.1. The van der Waals surface area contributed by atoms with Crippen LogP contribution in [0.25, 0.3) is 0 Å². The molecule has 1 aromatic heterocycles. The highest BCUT2D eigenvalue weighted by Gasteiger charge is 2.33. The third-order valence-electron chi connectivity index (χ3n) is 3.86. The minimum absolute atomic E-state index is 0.194. The topological polar surface area (TPSA) is 56.2 Å². The smallest absolute Gasteiger partial charge is 0.326 e. The molecule has 1 atom stereocenters. The minimum Gasteiger partial charge on any atom is -0.465 e. The fourth-order valence-corrected chi connectivity index (χ4v) is 2.28. The van der Waals surface area contributed by atoms with Crippen LogP contribution < -0.4 is 5.32 Å². The standard InChI is InChI=1S/C15H27N3O2/c1-7-16-15(6,14(19)20-8-2)9-10-18-13(5)11(3)12(4)17-18/h16H,7-10H2,1-6H3. The Morgan fingerprint density at radius 1 is 1.35 bits per heavy atom. The van der Waals surface area contributed by atoms with E-state index >= 15 is 0 Å². The molecule has 1 N–H and O–H groups in total. The molecule has 0 amide bonds. The number of nitrogens with zero attached hydrogens (tertiary/aromatic N) is 2. The first-order valence-electron chi connectivity index (χ1n) is 7.28. The number of likely N-dealkylation sites (N-methyl/N-ethyl adjacent to an activating group) is 1. The summed E-state index contributed by atoms with van der Waals surface area (Å²) >= 11 is 0. The van der Waals surface area contributed by atoms with Gasteiger partial charge in [0, 0.05) is 12.2 Å². The summed E-state index contributed by atoms with van der Waals surface area (Å²) in [6.45, 7) is 13.7. The molecular weight excluding hydrogens is 254 g/mol. The lowest BCUT2D eigenvalue weighted by molar-refractivity contribution is -0.150. The van der Waals surface area contributed by atoms with Gasteiger partial charge in [0.25, 0.3) is 0 Å². The van der Waals surface area contributed by atoms with Gasteiger partial charge >= 0.3 is 5.97 Å². The van der Waals surface area contributed by atoms with Crippen LogP contribution in [-0.4, -0.2) is 34.4 Å². The normalized spacial score (nSPS) is 14.1. The van der Waals surface area contributed by atoms with Crippen molar-refractivity contribution in [2.24, 2.45) is 0 Å². The lowest BCUT2D eigenvalue weighted by Gasteiger charge is -2.28. The fourth-order valence-electron chi connectivity index (χ4n) is 2.28. The van der Waals surface area contributed by atoms with Gasteiger partial charge in [-0.05, 0) is 53.1 Å². The third kappa shape index (κ3) is 3.60. The number of ether oxygens (including phenoxy) is 1. The van der Waals surface area contributed by atoms with Gasteiger partial charge < -0.3 is 10.1 Å². The van der Waals surface area contributed by atoms with Crippen molar-refractivity contribution in [1.82, 2.24) is 15.1 Å². The maximum Gasteiger partial charge on any atom is 0.326 e. The predicted molar refractivity (Wildman–Crippen MR) is 79.8 cm³/mol. The molecule has 0 aromatic carbocycles. The van der Waals surface area contributed by atoms with Crippen molar-refractivity contribution in [3.05, 3.63) is 17.0 Å². The summed E-state index contributed by atoms with van der Waals surface area (Å²) < 4.78 is 7.15. The number of hydrogen-bond donors (Lipinski definition) is 1. The molecule has 0 radical (unpaired) electrons. The Labute approximate surface area is 121 Å². The molecule has 0 aliphatic heterocycles. The van der Waals surface area contributed by atoms with Gasteiger partial charge in [0.05, 0.1) is 12.3 Å². The van der Waals surface area contributed by atoms with E-state index in [0.29, 0.717) is 19.6 Å². The SMILES string of the molecule is CCNC(C)(CCn1nc(C)c(C)c1C)C(=O)OCC. The average molecular weight is 281 g/mol. The molecule has 1 rings (SSSR count). The Kier molecular flexibility index (Phi) is 5.74. The Bertz CT molecular complexity index is 468. The summed E-state index contributed by atoms with van der Waals surface area (Å²) in [5.41, 5.74) is 2.76. The molecule has 1 unspecified atom stereocenters. The van der Waals surface area contributed by atoms with E-state index < -0.39 is 5.54 Å². The van der Waals surface area contributed by atoms with Crippen LogP contribution in [0.3, 0.4) is 0 Å². The number of hydrogen-bond acceptors (Lipinski definition) is 4. The molecule has 0 saturated carbocycles. The van der Waals surface area contributed by atoms with Gasteiger partial charge in [-0.1, -0.05) is 6.92 Å². The van der Waals surface area contributed by atoms with Gasteiger partial charge in [0.1, 0.15) is 5.54 Å². The van der Waals surface area contributed by atoms with E-state index in [1.807, 2.05) is 32.4 Å². The Morgan fingerprint density at radius 2 is 2.00 bits per heavy atom. The second-order valence-corrected chi connectivity index (χ2v) is 5.35. The van der Waals surface area contributed by atoms with Crippen LogP contribution in [0.4, 0.5) is 0 Å². The second-order valence-electron chi connectivity index (χ2n) is 5.35. The van der Waals surface area contributed by atoms with Crippen LogP contribution in [0, 0.1) is 20.8 Å². The van der Waals surface area contributed by atoms with Crippen molar-refractivity contribution < 1.29 is 9.53 Å². The number of aromatic nitrogens is 2. The van der Waals surface area contributed by atoms with Crippen LogP contribution in [0.1, 0.15) is 44.1 Å². The number of aryl methyl sites for hydroxylation is 2. The number of nitrogens with one attached hydrogen (secondary N) is 1. The summed E-state index contributed by atoms with van der Waals surface area (Å²) in [5, 5.41) is 7.75. The van der Waals surface area contributed by atoms with Crippen molar-refractivity contribution in [3.63, 3.8) is 0 Å². The third-order valence-corrected chi connectivity index (χ3v) is 3.86. The molecule has 20 heavy (non-hydrogen) atoms. The second kappa shape index (κ2) is 6.88. The highest BCUT2D eigenvalue weighted by Crippen LogP contribution is 2.17. The Balaban J connectivity index is 2.81. The van der Waals surface area contributed by atoms with E-state index in [1.165, 1.54) is 5.56 Å². The van der Waals surface area contributed by atoms with E-state index in [0.717, 1.165) is 17.9 Å². The number of carbonyl (C=O) groups excluding carboxylic acids is 1. The monoisotopic (exact) mass is 281 g/mol. The molecule has 0 bridgehead atoms. The first-order valence-corrected chi connectivity index (χ1v) is 7.28. The van der Waals surface area contributed by atoms with Gasteiger partial charge in [-0.15, -0.1) is 0 Å². The summed E-state index contributed by atoms with van der Waals surface area (Å²) in [5.74, 6) is -0.194. The highest BCUT2D eigenvalue weighted by atomic mass is 16.5. The first kappa shape index (κ1) is 16.7. The molecule has 1 heterocycles. The van der Waals surface area contributed by atoms with E-state index in [-0.39, 0.29) is 5.97 Å². The molecule has 114 valence electrons. The number of esters is 1. The van der Waals surface area contributed by atoms with Gasteiger partial charge in [0.2, 0.25) is 0 Å². The molecule has 5 heteroatoms. The highest BCUT2D eigenvalue weighted by molar-refractivity contribution is 5.80. The van der Waals surface area contributed by atoms with Gasteiger partial charge in [-0.3, -0.25) is 9.48 Å². The van der Waals surface area contributed by atoms with Crippen molar-refractivity contribution in [3.8, 4) is 0 Å². The Hall–Kier alpha value is -1.36. The predicted octanol–water partition coefficient (Wildman–Crippen LogP) is 2.13. The largest absolute Gasteiger partial charge is 0.465 e. The molecular formula is C15H27N3O2. The number of rotatable bonds is 7. The van der Waals surface area contributed by atoms with Crippen LogP contribution >= 0.6 is 0 Å². The van der Waals surface area contributed by atoms with Crippen LogP contribution in [-0.2, 0) is 16.1 Å². The molecule has 0 saturated heterocycles. The Morgan fingerprint density at radius 3 is 2.45 bits per heavy atom. The van der Waals surface area contributed by atoms with Gasteiger partial charge in [-0.25, -0.2) is 0 Å². The van der Waals surface area contributed by atoms with Crippen molar-refractivity contribution >= 4 is 5.97 Å². The molecule has 0 aliphatic carbocycles. The zero-order valence-electron chi connectivity index (χ0n) is 13.5. The van der Waals surface area contributed by atoms with E-state index in [1.54, 1.807) is 0 Å². The zero-order chi connectivity index (χ0) is 15.3. The first-order chi connectivity index (χ1) is 9.35. The fraction of sp³-hybridized carbons (Fsp3) is 0.733. The van der Waals surface area contributed by atoms with Crippen LogP contribution in [0.15, 0.2) is 0 Å². The van der Waals surface area contributed by atoms with E-state index in [9.17, 15) is 4.79 Å². The van der Waals surface area contributed by atoms with Crippen molar-refractivity contribution in [2.75, 3.05) is 13.2 Å². The quantitative estimate of drug-likeness (QED) is 0.778. The average Bonchev–Trinajstić information content (AvgIpc) is 2.64. The lowest BCUT2D eigenvalue weighted by atomic mass is 9.98. The zero-order valence-corrected chi connectivity index (χ0v) is 13.5. The van der Waals surface area contributed by atoms with E-state index in [4.69, 9.17) is 4.74 Å². The lowest BCUT2D eigenvalue weighted by Crippen LogP contribution is -2.51. The van der Waals surface area contributed by atoms with Gasteiger partial charge in [-0.2, -0.15) is 5.10 Å². The maximum atomic E-state index is 12.1. The summed E-state index contributed by atoms with van der Waals surface area (Å²) in [4.78, 5) is 12.1. The summed E-state index contributed by atoms with van der Waals surface area (Å²) in [7, 11) is 0. The molecule has 5 nitrogen and oxygen atoms in total. The number of carbonyl (C=O) groups is 1. The molecule has 0 fully saturated rings. The van der Waals surface area contributed by atoms with Crippen LogP contribution in [0.2, 0.25) is 0 Å². The van der Waals surface area contributed by atoms with Crippen molar-refractivity contribution in [2.45, 2.75) is 60.0 Å². The summed E-state index contributed by atoms with van der Waals surface area (Å²) in [6.07, 6.45) is 0.654. The summed E-state index contributed by atoms with van der Waals surface area (Å²) in [6, 6.07) is 0.